The zero-order chi connectivity index (χ0) is 24.3. The van der Waals surface area contributed by atoms with Crippen LogP contribution in [0.2, 0.25) is 0 Å². The Hall–Kier alpha value is -2.37. The highest BCUT2D eigenvalue weighted by Gasteiger charge is 2.22. The summed E-state index contributed by atoms with van der Waals surface area (Å²) >= 11 is 0. The van der Waals surface area contributed by atoms with Crippen LogP contribution in [0.5, 0.6) is 5.75 Å². The number of carboxylic acids is 1. The number of carbonyl (C=O) groups is 2. The number of carboxylic acid groups (broad SMARTS) is 1. The highest BCUT2D eigenvalue weighted by Crippen LogP contribution is 2.30. The predicted molar refractivity (Wildman–Crippen MR) is 121 cm³/mol. The smallest absolute Gasteiger partial charge is 0.411 e. The van der Waals surface area contributed by atoms with E-state index in [1.54, 1.807) is 13.8 Å². The molecule has 1 atom stereocenters. The summed E-state index contributed by atoms with van der Waals surface area (Å²) in [6.45, 7) is 4.10. The minimum absolute atomic E-state index is 0.0605. The van der Waals surface area contributed by atoms with E-state index in [1.807, 2.05) is 24.3 Å². The van der Waals surface area contributed by atoms with Gasteiger partial charge in [0, 0.05) is 19.2 Å². The molecule has 0 spiro atoms. The molecule has 2 rings (SSSR count). The monoisotopic (exact) mass is 486 g/mol. The van der Waals surface area contributed by atoms with Crippen molar-refractivity contribution in [2.24, 2.45) is 5.92 Å². The first-order valence-electron chi connectivity index (χ1n) is 11.1. The average Bonchev–Trinajstić information content (AvgIpc) is 3.58. The lowest BCUT2D eigenvalue weighted by Gasteiger charge is -2.21. The molecule has 10 nitrogen and oxygen atoms in total. The molecule has 1 fully saturated rings. The number of aliphatic carboxylic acids is 1. The number of benzene rings is 1. The Morgan fingerprint density at radius 2 is 2.06 bits per heavy atom. The van der Waals surface area contributed by atoms with Crippen molar-refractivity contribution in [3.8, 4) is 5.75 Å². The van der Waals surface area contributed by atoms with Gasteiger partial charge < -0.3 is 19.3 Å². The maximum absolute atomic E-state index is 12.4. The molecule has 1 saturated carbocycles. The Labute approximate surface area is 195 Å². The lowest BCUT2D eigenvalue weighted by molar-refractivity contribution is -0.137. The molecule has 186 valence electrons. The Bertz CT molecular complexity index is 873. The molecule has 1 aliphatic carbocycles. The molecule has 33 heavy (non-hydrogen) atoms. The van der Waals surface area contributed by atoms with Gasteiger partial charge in [-0.2, -0.15) is 0 Å². The van der Waals surface area contributed by atoms with Crippen molar-refractivity contribution in [2.45, 2.75) is 45.6 Å². The first kappa shape index (κ1) is 26.9. The first-order chi connectivity index (χ1) is 15.7. The molecule has 0 aliphatic heterocycles. The number of nitrogens with zero attached hydrogens (tertiary/aromatic N) is 1. The number of rotatable bonds is 16. The fraction of sp³-hybridized carbons (Fsp3) is 0.636. The quantitative estimate of drug-likeness (QED) is 0.269. The Morgan fingerprint density at radius 3 is 2.73 bits per heavy atom. The van der Waals surface area contributed by atoms with Crippen molar-refractivity contribution in [2.75, 3.05) is 38.8 Å². The van der Waals surface area contributed by atoms with Gasteiger partial charge in [-0.05, 0) is 56.7 Å². The van der Waals surface area contributed by atoms with Gasteiger partial charge in [0.25, 0.3) is 0 Å². The van der Waals surface area contributed by atoms with Gasteiger partial charge in [-0.1, -0.05) is 12.1 Å². The summed E-state index contributed by atoms with van der Waals surface area (Å²) in [7, 11) is -3.56. The molecule has 11 heteroatoms. The number of ether oxygens (including phenoxy) is 3. The van der Waals surface area contributed by atoms with E-state index in [2.05, 4.69) is 4.72 Å². The number of carbonyl (C=O) groups excluding carboxylic acids is 1. The van der Waals surface area contributed by atoms with E-state index in [-0.39, 0.29) is 45.1 Å². The van der Waals surface area contributed by atoms with Gasteiger partial charge in [-0.15, -0.1) is 0 Å². The van der Waals surface area contributed by atoms with Crippen molar-refractivity contribution in [3.63, 3.8) is 0 Å². The molecule has 0 heterocycles. The third-order valence-corrected chi connectivity index (χ3v) is 6.51. The summed E-state index contributed by atoms with van der Waals surface area (Å²) in [4.78, 5) is 23.7. The zero-order valence-corrected chi connectivity index (χ0v) is 20.0. The molecule has 1 amide bonds. The molecule has 0 radical (unpaired) electrons. The SMILES string of the molecule is CCOC(=O)N(CCC(=O)O)COCCCS(=O)(=O)N[C@H](C)c1cccc(OCC2CC2)c1. The van der Waals surface area contributed by atoms with Crippen molar-refractivity contribution in [1.29, 1.82) is 0 Å². The van der Waals surface area contributed by atoms with Gasteiger partial charge in [0.1, 0.15) is 12.5 Å². The molecule has 1 aromatic carbocycles. The summed E-state index contributed by atoms with van der Waals surface area (Å²) < 4.78 is 43.5. The molecule has 0 saturated heterocycles. The molecule has 1 aliphatic rings. The van der Waals surface area contributed by atoms with E-state index >= 15 is 0 Å². The predicted octanol–water partition coefficient (Wildman–Crippen LogP) is 2.75. The van der Waals surface area contributed by atoms with Crippen molar-refractivity contribution in [1.82, 2.24) is 9.62 Å². The summed E-state index contributed by atoms with van der Waals surface area (Å²) in [5, 5.41) is 8.79. The standard InChI is InChI=1S/C22H34N2O8S/c1-3-31-22(27)24(11-10-21(25)26)16-30-12-5-13-33(28,29)23-17(2)19-6-4-7-20(14-19)32-15-18-8-9-18/h4,6-7,14,17-18,23H,3,5,8-13,15-16H2,1-2H3,(H,25,26)/t17-/m1/s1. The van der Waals surface area contributed by atoms with E-state index in [9.17, 15) is 18.0 Å². The van der Waals surface area contributed by atoms with Gasteiger partial charge in [-0.3, -0.25) is 9.69 Å². The number of sulfonamides is 1. The van der Waals surface area contributed by atoms with Crippen LogP contribution in [0.15, 0.2) is 24.3 Å². The summed E-state index contributed by atoms with van der Waals surface area (Å²) in [6.07, 6.45) is 1.68. The van der Waals surface area contributed by atoms with Crippen molar-refractivity contribution < 1.29 is 37.3 Å². The summed E-state index contributed by atoms with van der Waals surface area (Å²) in [5.41, 5.74) is 0.812. The maximum Gasteiger partial charge on any atom is 0.411 e. The molecule has 1 aromatic rings. The molecule has 0 aromatic heterocycles. The van der Waals surface area contributed by atoms with Gasteiger partial charge in [0.2, 0.25) is 10.0 Å². The second kappa shape index (κ2) is 13.4. The molecular formula is C22H34N2O8S. The normalized spacial score (nSPS) is 14.5. The largest absolute Gasteiger partial charge is 0.493 e. The molecule has 2 N–H and O–H groups in total. The lowest BCUT2D eigenvalue weighted by Crippen LogP contribution is -2.36. The Kier molecular flexibility index (Phi) is 10.9. The Balaban J connectivity index is 1.74. The van der Waals surface area contributed by atoms with Gasteiger partial charge in [0.05, 0.1) is 25.4 Å². The second-order valence-electron chi connectivity index (χ2n) is 7.98. The van der Waals surface area contributed by atoms with E-state index in [1.165, 1.54) is 12.8 Å². The van der Waals surface area contributed by atoms with E-state index in [4.69, 9.17) is 19.3 Å². The number of hydrogen-bond donors (Lipinski definition) is 2. The van der Waals surface area contributed by atoms with Crippen LogP contribution in [0, 0.1) is 5.92 Å². The zero-order valence-electron chi connectivity index (χ0n) is 19.2. The molecule has 0 unspecified atom stereocenters. The van der Waals surface area contributed by atoms with Gasteiger partial charge >= 0.3 is 12.1 Å². The van der Waals surface area contributed by atoms with E-state index in [0.717, 1.165) is 16.2 Å². The number of hydrogen-bond acceptors (Lipinski definition) is 7. The van der Waals surface area contributed by atoms with Crippen LogP contribution in [0.4, 0.5) is 4.79 Å². The summed E-state index contributed by atoms with van der Waals surface area (Å²) in [5.74, 6) is 0.167. The fourth-order valence-corrected chi connectivity index (χ4v) is 4.24. The maximum atomic E-state index is 12.4. The minimum atomic E-state index is -3.56. The van der Waals surface area contributed by atoms with Crippen molar-refractivity contribution >= 4 is 22.1 Å². The van der Waals surface area contributed by atoms with Crippen LogP contribution in [0.3, 0.4) is 0 Å². The number of amides is 1. The number of nitrogens with one attached hydrogen (secondary N) is 1. The topological polar surface area (TPSA) is 131 Å². The molecule has 0 bridgehead atoms. The van der Waals surface area contributed by atoms with Gasteiger partial charge in [-0.25, -0.2) is 17.9 Å². The van der Waals surface area contributed by atoms with Gasteiger partial charge in [0.15, 0.2) is 0 Å². The molecular weight excluding hydrogens is 452 g/mol. The van der Waals surface area contributed by atoms with Crippen molar-refractivity contribution in [3.05, 3.63) is 29.8 Å². The average molecular weight is 487 g/mol. The van der Waals surface area contributed by atoms with Crippen LogP contribution in [0.1, 0.15) is 51.1 Å². The first-order valence-corrected chi connectivity index (χ1v) is 12.8. The Morgan fingerprint density at radius 1 is 1.30 bits per heavy atom. The third-order valence-electron chi connectivity index (χ3n) is 4.97. The second-order valence-corrected chi connectivity index (χ2v) is 9.86. The van der Waals surface area contributed by atoms with E-state index in [0.29, 0.717) is 12.5 Å². The van der Waals surface area contributed by atoms with Crippen LogP contribution >= 0.6 is 0 Å². The minimum Gasteiger partial charge on any atom is -0.493 e. The fourth-order valence-electron chi connectivity index (χ4n) is 2.95. The van der Waals surface area contributed by atoms with Crippen LogP contribution in [-0.4, -0.2) is 69.3 Å². The van der Waals surface area contributed by atoms with Crippen LogP contribution in [0.25, 0.3) is 0 Å². The van der Waals surface area contributed by atoms with E-state index < -0.39 is 28.1 Å². The highest BCUT2D eigenvalue weighted by atomic mass is 32.2. The highest BCUT2D eigenvalue weighted by molar-refractivity contribution is 7.89. The van der Waals surface area contributed by atoms with Crippen LogP contribution in [-0.2, 0) is 24.3 Å². The lowest BCUT2D eigenvalue weighted by atomic mass is 10.1. The van der Waals surface area contributed by atoms with Crippen LogP contribution < -0.4 is 9.46 Å². The third kappa shape index (κ3) is 10.9. The summed E-state index contributed by atoms with van der Waals surface area (Å²) in [6, 6.07) is 6.98.